The predicted octanol–water partition coefficient (Wildman–Crippen LogP) is 1.90. The normalized spacial score (nSPS) is 10.6. The fourth-order valence-electron chi connectivity index (χ4n) is 1.21. The van der Waals surface area contributed by atoms with Crippen molar-refractivity contribution in [2.75, 3.05) is 0 Å². The van der Waals surface area contributed by atoms with Crippen molar-refractivity contribution in [3.8, 4) is 0 Å². The molecule has 2 nitrogen and oxygen atoms in total. The van der Waals surface area contributed by atoms with Gasteiger partial charge in [0.05, 0.1) is 6.33 Å². The van der Waals surface area contributed by atoms with Crippen LogP contribution in [0.15, 0.2) is 30.9 Å². The van der Waals surface area contributed by atoms with E-state index in [2.05, 4.69) is 24.2 Å². The average molecular weight is 146 g/mol. The highest BCUT2D eigenvalue weighted by molar-refractivity contribution is 5.49. The van der Waals surface area contributed by atoms with Crippen molar-refractivity contribution >= 4 is 5.52 Å². The van der Waals surface area contributed by atoms with Crippen molar-refractivity contribution in [2.45, 2.75) is 13.3 Å². The fraction of sp³-hybridized carbons (Fsp3) is 0.222. The molecule has 0 aromatic carbocycles. The van der Waals surface area contributed by atoms with Crippen LogP contribution >= 0.6 is 0 Å². The molecular formula is C9H10N2. The van der Waals surface area contributed by atoms with E-state index >= 15 is 0 Å². The minimum absolute atomic E-state index is 1.08. The van der Waals surface area contributed by atoms with Crippen LogP contribution in [0.3, 0.4) is 0 Å². The summed E-state index contributed by atoms with van der Waals surface area (Å²) in [4.78, 5) is 4.02. The highest BCUT2D eigenvalue weighted by atomic mass is 14.9. The zero-order valence-corrected chi connectivity index (χ0v) is 6.49. The van der Waals surface area contributed by atoms with E-state index in [4.69, 9.17) is 0 Å². The van der Waals surface area contributed by atoms with Gasteiger partial charge >= 0.3 is 0 Å². The summed E-state index contributed by atoms with van der Waals surface area (Å²) in [6, 6.07) is 4.20. The first-order valence-corrected chi connectivity index (χ1v) is 3.81. The van der Waals surface area contributed by atoms with Gasteiger partial charge in [-0.1, -0.05) is 6.92 Å². The van der Waals surface area contributed by atoms with Crippen LogP contribution in [-0.4, -0.2) is 9.38 Å². The number of rotatable bonds is 1. The summed E-state index contributed by atoms with van der Waals surface area (Å²) in [6.45, 7) is 2.15. The molecule has 2 aromatic heterocycles. The third-order valence-corrected chi connectivity index (χ3v) is 1.87. The van der Waals surface area contributed by atoms with E-state index in [1.165, 1.54) is 11.1 Å². The smallest absolute Gasteiger partial charge is 0.0990 e. The van der Waals surface area contributed by atoms with Crippen LogP contribution in [0.4, 0.5) is 0 Å². The second-order valence-corrected chi connectivity index (χ2v) is 2.61. The second kappa shape index (κ2) is 2.38. The van der Waals surface area contributed by atoms with Crippen LogP contribution < -0.4 is 0 Å². The van der Waals surface area contributed by atoms with Crippen molar-refractivity contribution in [1.82, 2.24) is 9.38 Å². The summed E-state index contributed by atoms with van der Waals surface area (Å²) >= 11 is 0. The molecule has 0 unspecified atom stereocenters. The van der Waals surface area contributed by atoms with Gasteiger partial charge in [-0.2, -0.15) is 0 Å². The number of aryl methyl sites for hydroxylation is 1. The topological polar surface area (TPSA) is 17.3 Å². The monoisotopic (exact) mass is 146 g/mol. The van der Waals surface area contributed by atoms with Gasteiger partial charge in [-0.15, -0.1) is 0 Å². The summed E-state index contributed by atoms with van der Waals surface area (Å²) in [7, 11) is 0. The van der Waals surface area contributed by atoms with E-state index in [-0.39, 0.29) is 0 Å². The van der Waals surface area contributed by atoms with Gasteiger partial charge in [-0.3, -0.25) is 0 Å². The largest absolute Gasteiger partial charge is 0.308 e. The van der Waals surface area contributed by atoms with Crippen LogP contribution in [0.25, 0.3) is 5.52 Å². The number of nitrogens with zero attached hydrogens (tertiary/aromatic N) is 2. The Kier molecular flexibility index (Phi) is 1.39. The first-order valence-electron chi connectivity index (χ1n) is 3.81. The van der Waals surface area contributed by atoms with E-state index in [0.717, 1.165) is 6.42 Å². The van der Waals surface area contributed by atoms with Gasteiger partial charge in [0.25, 0.3) is 0 Å². The maximum Gasteiger partial charge on any atom is 0.0990 e. The molecule has 2 rings (SSSR count). The molecule has 0 aliphatic heterocycles. The van der Waals surface area contributed by atoms with Crippen LogP contribution in [0.1, 0.15) is 12.5 Å². The Morgan fingerprint density at radius 3 is 3.18 bits per heavy atom. The van der Waals surface area contributed by atoms with Crippen molar-refractivity contribution in [3.63, 3.8) is 0 Å². The molecule has 0 amide bonds. The highest BCUT2D eigenvalue weighted by Gasteiger charge is 1.94. The Morgan fingerprint density at radius 1 is 1.55 bits per heavy atom. The molecule has 11 heavy (non-hydrogen) atoms. The molecule has 0 atom stereocenters. The van der Waals surface area contributed by atoms with Gasteiger partial charge in [0, 0.05) is 17.9 Å². The minimum Gasteiger partial charge on any atom is -0.308 e. The fourth-order valence-corrected chi connectivity index (χ4v) is 1.21. The highest BCUT2D eigenvalue weighted by Crippen LogP contribution is 2.08. The standard InChI is InChI=1S/C9H10N2/c1-2-8-5-9-3-4-10-7-11(9)6-8/h3-7H,2H2,1H3. The van der Waals surface area contributed by atoms with Crippen LogP contribution in [-0.2, 0) is 6.42 Å². The molecule has 0 saturated heterocycles. The maximum atomic E-state index is 4.02. The Morgan fingerprint density at radius 2 is 2.45 bits per heavy atom. The molecule has 2 heterocycles. The van der Waals surface area contributed by atoms with E-state index in [9.17, 15) is 0 Å². The summed E-state index contributed by atoms with van der Waals surface area (Å²) in [5.74, 6) is 0. The molecule has 0 saturated carbocycles. The molecule has 0 N–H and O–H groups in total. The molecule has 0 spiro atoms. The third kappa shape index (κ3) is 1.00. The van der Waals surface area contributed by atoms with Crippen LogP contribution in [0, 0.1) is 0 Å². The van der Waals surface area contributed by atoms with E-state index in [1.807, 2.05) is 23.0 Å². The van der Waals surface area contributed by atoms with Gasteiger partial charge < -0.3 is 4.40 Å². The lowest BCUT2D eigenvalue weighted by molar-refractivity contribution is 1.07. The summed E-state index contributed by atoms with van der Waals surface area (Å²) in [5.41, 5.74) is 2.58. The quantitative estimate of drug-likeness (QED) is 0.600. The number of hydrogen-bond acceptors (Lipinski definition) is 1. The third-order valence-electron chi connectivity index (χ3n) is 1.87. The molecule has 0 fully saturated rings. The van der Waals surface area contributed by atoms with Crippen molar-refractivity contribution < 1.29 is 0 Å². The second-order valence-electron chi connectivity index (χ2n) is 2.61. The molecule has 0 aliphatic carbocycles. The molecule has 0 aliphatic rings. The lowest BCUT2D eigenvalue weighted by atomic mass is 10.3. The van der Waals surface area contributed by atoms with E-state index in [0.29, 0.717) is 0 Å². The Hall–Kier alpha value is -1.31. The first-order chi connectivity index (χ1) is 5.40. The van der Waals surface area contributed by atoms with Crippen molar-refractivity contribution in [3.05, 3.63) is 36.4 Å². The molecule has 0 bridgehead atoms. The zero-order valence-electron chi connectivity index (χ0n) is 6.49. The van der Waals surface area contributed by atoms with Gasteiger partial charge in [0.2, 0.25) is 0 Å². The van der Waals surface area contributed by atoms with Crippen molar-refractivity contribution in [2.24, 2.45) is 0 Å². The zero-order chi connectivity index (χ0) is 7.68. The van der Waals surface area contributed by atoms with Gasteiger partial charge in [-0.25, -0.2) is 4.98 Å². The first kappa shape index (κ1) is 6.40. The molecule has 2 heteroatoms. The maximum absolute atomic E-state index is 4.02. The van der Waals surface area contributed by atoms with Crippen LogP contribution in [0.5, 0.6) is 0 Å². The van der Waals surface area contributed by atoms with Gasteiger partial charge in [0.15, 0.2) is 0 Å². The molecular weight excluding hydrogens is 136 g/mol. The Bertz CT molecular complexity index is 329. The number of aromatic nitrogens is 2. The predicted molar refractivity (Wildman–Crippen MR) is 44.6 cm³/mol. The molecule has 0 radical (unpaired) electrons. The summed E-state index contributed by atoms with van der Waals surface area (Å²) in [6.07, 6.45) is 6.84. The van der Waals surface area contributed by atoms with Gasteiger partial charge in [0.1, 0.15) is 0 Å². The number of fused-ring (bicyclic) bond motifs is 1. The van der Waals surface area contributed by atoms with Crippen LogP contribution in [0.2, 0.25) is 0 Å². The minimum atomic E-state index is 1.08. The van der Waals surface area contributed by atoms with E-state index in [1.54, 1.807) is 0 Å². The van der Waals surface area contributed by atoms with E-state index < -0.39 is 0 Å². The SMILES string of the molecule is CCc1cc2ccncn2c1. The summed E-state index contributed by atoms with van der Waals surface area (Å²) < 4.78 is 2.04. The van der Waals surface area contributed by atoms with Gasteiger partial charge in [-0.05, 0) is 24.1 Å². The molecule has 2 aromatic rings. The lowest BCUT2D eigenvalue weighted by Crippen LogP contribution is -1.80. The summed E-state index contributed by atoms with van der Waals surface area (Å²) in [5, 5.41) is 0. The number of hydrogen-bond donors (Lipinski definition) is 0. The Labute approximate surface area is 65.5 Å². The lowest BCUT2D eigenvalue weighted by Gasteiger charge is -1.88. The average Bonchev–Trinajstić information content (AvgIpc) is 2.46. The Balaban J connectivity index is 2.69. The van der Waals surface area contributed by atoms with Crippen molar-refractivity contribution in [1.29, 1.82) is 0 Å². The molecule has 56 valence electrons.